The van der Waals surface area contributed by atoms with Gasteiger partial charge in [0.1, 0.15) is 0 Å². The van der Waals surface area contributed by atoms with E-state index in [1.54, 1.807) is 0 Å². The molecule has 0 heteroatoms. The number of hydrogen-bond acceptors (Lipinski definition) is 0. The molecule has 0 saturated carbocycles. The van der Waals surface area contributed by atoms with E-state index in [-0.39, 0.29) is 0 Å². The second-order valence-corrected chi connectivity index (χ2v) is 3.20. The van der Waals surface area contributed by atoms with Gasteiger partial charge in [-0.2, -0.15) is 0 Å². The van der Waals surface area contributed by atoms with Crippen LogP contribution < -0.4 is 0 Å². The maximum Gasteiger partial charge on any atom is -0.0448 e. The van der Waals surface area contributed by atoms with Crippen LogP contribution in [-0.2, 0) is 0 Å². The predicted molar refractivity (Wildman–Crippen MR) is 45.6 cm³/mol. The highest BCUT2D eigenvalue weighted by Gasteiger charge is 1.95. The van der Waals surface area contributed by atoms with Crippen LogP contribution in [-0.4, -0.2) is 0 Å². The first kappa shape index (κ1) is 11.8. The molecule has 0 fully saturated rings. The Kier molecular flexibility index (Phi) is 10.4. The summed E-state index contributed by atoms with van der Waals surface area (Å²) in [6.07, 6.45) is 1.25. The Morgan fingerprint density at radius 1 is 0.778 bits per heavy atom. The Balaban J connectivity index is 0. The third-order valence-electron chi connectivity index (χ3n) is 1.33. The Morgan fingerprint density at radius 2 is 0.889 bits per heavy atom. The molecule has 58 valence electrons. The van der Waals surface area contributed by atoms with Crippen LogP contribution in [0.4, 0.5) is 0 Å². The quantitative estimate of drug-likeness (QED) is 0.507. The zero-order chi connectivity index (χ0) is 7.86. The normalized spacial score (nSPS) is 9.33. The maximum atomic E-state index is 2.24. The van der Waals surface area contributed by atoms with Crippen molar-refractivity contribution in [2.75, 3.05) is 0 Å². The van der Waals surface area contributed by atoms with Crippen molar-refractivity contribution in [3.63, 3.8) is 0 Å². The molecular weight excluding hydrogens is 108 g/mol. The van der Waals surface area contributed by atoms with Gasteiger partial charge in [0.2, 0.25) is 0 Å². The third kappa shape index (κ3) is 18.0. The Labute approximate surface area is 60.7 Å². The van der Waals surface area contributed by atoms with Gasteiger partial charge in [-0.15, -0.1) is 0 Å². The molecule has 0 rings (SSSR count). The van der Waals surface area contributed by atoms with Gasteiger partial charge in [0.05, 0.1) is 0 Å². The van der Waals surface area contributed by atoms with E-state index in [0.29, 0.717) is 0 Å². The smallest absolute Gasteiger partial charge is 0.0448 e. The zero-order valence-electron chi connectivity index (χ0n) is 7.86. The molecule has 0 aromatic rings. The van der Waals surface area contributed by atoms with Gasteiger partial charge in [-0.3, -0.25) is 0 Å². The third-order valence-corrected chi connectivity index (χ3v) is 1.33. The van der Waals surface area contributed by atoms with Crippen molar-refractivity contribution in [1.82, 2.24) is 0 Å². The molecule has 0 unspecified atom stereocenters. The largest absolute Gasteiger partial charge is 0.0656 e. The molecule has 0 heterocycles. The summed E-state index contributed by atoms with van der Waals surface area (Å²) in [5.41, 5.74) is 0. The van der Waals surface area contributed by atoms with E-state index < -0.39 is 0 Å². The highest BCUT2D eigenvalue weighted by atomic mass is 14.0. The fourth-order valence-electron chi connectivity index (χ4n) is 0. The zero-order valence-corrected chi connectivity index (χ0v) is 7.86. The van der Waals surface area contributed by atoms with Crippen LogP contribution in [0.25, 0.3) is 0 Å². The molecule has 0 saturated heterocycles. The number of rotatable bonds is 1. The van der Waals surface area contributed by atoms with E-state index in [2.05, 4.69) is 41.5 Å². The first-order chi connectivity index (χ1) is 4.06. The fourth-order valence-corrected chi connectivity index (χ4v) is 0. The van der Waals surface area contributed by atoms with Crippen molar-refractivity contribution in [3.8, 4) is 0 Å². The van der Waals surface area contributed by atoms with Crippen molar-refractivity contribution in [3.05, 3.63) is 0 Å². The lowest BCUT2D eigenvalue weighted by molar-refractivity contribution is 0.457. The van der Waals surface area contributed by atoms with E-state index >= 15 is 0 Å². The Bertz CT molecular complexity index is 29.3. The van der Waals surface area contributed by atoms with Crippen LogP contribution in [0.15, 0.2) is 0 Å². The van der Waals surface area contributed by atoms with Crippen LogP contribution in [0.1, 0.15) is 48.0 Å². The highest BCUT2D eigenvalue weighted by Crippen LogP contribution is 2.05. The lowest BCUT2D eigenvalue weighted by Crippen LogP contribution is -1.95. The molecule has 0 aromatic heterocycles. The van der Waals surface area contributed by atoms with Crippen LogP contribution in [0.3, 0.4) is 0 Å². The molecule has 0 N–H and O–H groups in total. The van der Waals surface area contributed by atoms with Crippen molar-refractivity contribution >= 4 is 0 Å². The SMILES string of the molecule is CC(C)C(C)C.CCC. The first-order valence-corrected chi connectivity index (χ1v) is 4.06. The number of hydrogen-bond donors (Lipinski definition) is 0. The average molecular weight is 130 g/mol. The van der Waals surface area contributed by atoms with Gasteiger partial charge >= 0.3 is 0 Å². The molecule has 0 aromatic carbocycles. The molecule has 0 spiro atoms. The summed E-state index contributed by atoms with van der Waals surface area (Å²) in [7, 11) is 0. The first-order valence-electron chi connectivity index (χ1n) is 4.06. The minimum atomic E-state index is 0.852. The topological polar surface area (TPSA) is 0 Å². The summed E-state index contributed by atoms with van der Waals surface area (Å²) >= 11 is 0. The van der Waals surface area contributed by atoms with Gasteiger partial charge in [-0.05, 0) is 11.8 Å². The van der Waals surface area contributed by atoms with Crippen LogP contribution in [0.5, 0.6) is 0 Å². The van der Waals surface area contributed by atoms with E-state index in [4.69, 9.17) is 0 Å². The Morgan fingerprint density at radius 3 is 0.889 bits per heavy atom. The van der Waals surface area contributed by atoms with Gasteiger partial charge in [-0.25, -0.2) is 0 Å². The standard InChI is InChI=1S/C6H14.C3H8/c1-5(2)6(3)4;1-3-2/h5-6H,1-4H3;3H2,1-2H3. The van der Waals surface area contributed by atoms with Gasteiger partial charge in [0.15, 0.2) is 0 Å². The van der Waals surface area contributed by atoms with Crippen molar-refractivity contribution in [2.24, 2.45) is 11.8 Å². The predicted octanol–water partition coefficient (Wildman–Crippen LogP) is 3.71. The van der Waals surface area contributed by atoms with Crippen LogP contribution in [0, 0.1) is 11.8 Å². The molecule has 9 heavy (non-hydrogen) atoms. The summed E-state index contributed by atoms with van der Waals surface area (Å²) in [6, 6.07) is 0. The van der Waals surface area contributed by atoms with Crippen LogP contribution in [0.2, 0.25) is 0 Å². The molecule has 0 aliphatic carbocycles. The molecule has 0 nitrogen and oxygen atoms in total. The van der Waals surface area contributed by atoms with E-state index in [1.165, 1.54) is 6.42 Å². The molecule has 0 amide bonds. The molecule has 0 atom stereocenters. The highest BCUT2D eigenvalue weighted by molar-refractivity contribution is 4.46. The lowest BCUT2D eigenvalue weighted by atomic mass is 10.0. The maximum absolute atomic E-state index is 2.24. The average Bonchev–Trinajstić information content (AvgIpc) is 1.68. The molecule has 0 aliphatic heterocycles. The fraction of sp³-hybridized carbons (Fsp3) is 1.00. The van der Waals surface area contributed by atoms with Gasteiger partial charge < -0.3 is 0 Å². The second-order valence-electron chi connectivity index (χ2n) is 3.20. The summed E-state index contributed by atoms with van der Waals surface area (Å²) in [5.74, 6) is 1.70. The van der Waals surface area contributed by atoms with Gasteiger partial charge in [0.25, 0.3) is 0 Å². The van der Waals surface area contributed by atoms with Gasteiger partial charge in [-0.1, -0.05) is 48.0 Å². The Hall–Kier alpha value is 0. The van der Waals surface area contributed by atoms with E-state index in [9.17, 15) is 0 Å². The summed E-state index contributed by atoms with van der Waals surface area (Å²) in [4.78, 5) is 0. The molecular formula is C9H22. The lowest BCUT2D eigenvalue weighted by Gasteiger charge is -2.05. The summed E-state index contributed by atoms with van der Waals surface area (Å²) < 4.78 is 0. The van der Waals surface area contributed by atoms with Crippen molar-refractivity contribution in [2.45, 2.75) is 48.0 Å². The van der Waals surface area contributed by atoms with Crippen molar-refractivity contribution < 1.29 is 0 Å². The summed E-state index contributed by atoms with van der Waals surface area (Å²) in [5, 5.41) is 0. The minimum absolute atomic E-state index is 0.852. The minimum Gasteiger partial charge on any atom is -0.0656 e. The monoisotopic (exact) mass is 130 g/mol. The molecule has 0 bridgehead atoms. The second kappa shape index (κ2) is 8.00. The van der Waals surface area contributed by atoms with E-state index in [0.717, 1.165) is 11.8 Å². The molecule has 0 radical (unpaired) electrons. The van der Waals surface area contributed by atoms with Gasteiger partial charge in [0, 0.05) is 0 Å². The van der Waals surface area contributed by atoms with E-state index in [1.807, 2.05) is 0 Å². The van der Waals surface area contributed by atoms with Crippen molar-refractivity contribution in [1.29, 1.82) is 0 Å². The van der Waals surface area contributed by atoms with Crippen LogP contribution >= 0.6 is 0 Å². The molecule has 0 aliphatic rings. The summed E-state index contributed by atoms with van der Waals surface area (Å²) in [6.45, 7) is 13.2.